The SMILES string of the molecule is CC(C)C(=O)N[C@H]1CCCNC1.Cl. The van der Waals surface area contributed by atoms with Gasteiger partial charge in [0.1, 0.15) is 0 Å². The van der Waals surface area contributed by atoms with Gasteiger partial charge >= 0.3 is 0 Å². The van der Waals surface area contributed by atoms with Crippen molar-refractivity contribution in [1.82, 2.24) is 10.6 Å². The number of amides is 1. The second-order valence-electron chi connectivity index (χ2n) is 3.71. The molecule has 0 aromatic rings. The number of carbonyl (C=O) groups excluding carboxylic acids is 1. The fourth-order valence-corrected chi connectivity index (χ4v) is 1.34. The molecule has 1 aliphatic heterocycles. The Morgan fingerprint density at radius 3 is 2.69 bits per heavy atom. The lowest BCUT2D eigenvalue weighted by Gasteiger charge is -2.24. The van der Waals surface area contributed by atoms with Crippen LogP contribution >= 0.6 is 12.4 Å². The Bertz CT molecular complexity index is 156. The molecule has 4 heteroatoms. The van der Waals surface area contributed by atoms with Crippen LogP contribution in [-0.4, -0.2) is 25.0 Å². The molecule has 0 saturated carbocycles. The molecular formula is C9H19ClN2O. The van der Waals surface area contributed by atoms with E-state index in [0.717, 1.165) is 19.5 Å². The highest BCUT2D eigenvalue weighted by Crippen LogP contribution is 2.02. The van der Waals surface area contributed by atoms with Crippen molar-refractivity contribution in [2.24, 2.45) is 5.92 Å². The lowest BCUT2D eigenvalue weighted by molar-refractivity contribution is -0.124. The first-order valence-corrected chi connectivity index (χ1v) is 4.71. The molecule has 0 radical (unpaired) electrons. The summed E-state index contributed by atoms with van der Waals surface area (Å²) < 4.78 is 0. The van der Waals surface area contributed by atoms with E-state index in [2.05, 4.69) is 10.6 Å². The van der Waals surface area contributed by atoms with Crippen LogP contribution < -0.4 is 10.6 Å². The summed E-state index contributed by atoms with van der Waals surface area (Å²) in [6.45, 7) is 5.86. The quantitative estimate of drug-likeness (QED) is 0.706. The largest absolute Gasteiger partial charge is 0.352 e. The highest BCUT2D eigenvalue weighted by Gasteiger charge is 2.16. The van der Waals surface area contributed by atoms with Crippen LogP contribution in [0.1, 0.15) is 26.7 Å². The van der Waals surface area contributed by atoms with Gasteiger partial charge in [0, 0.05) is 18.5 Å². The predicted octanol–water partition coefficient (Wildman–Crippen LogP) is 0.932. The van der Waals surface area contributed by atoms with Gasteiger partial charge in [-0.2, -0.15) is 0 Å². The molecule has 78 valence electrons. The highest BCUT2D eigenvalue weighted by atomic mass is 35.5. The maximum atomic E-state index is 11.3. The van der Waals surface area contributed by atoms with Crippen LogP contribution in [0.4, 0.5) is 0 Å². The minimum Gasteiger partial charge on any atom is -0.352 e. The number of halogens is 1. The predicted molar refractivity (Wildman–Crippen MR) is 56.1 cm³/mol. The standard InChI is InChI=1S/C9H18N2O.ClH/c1-7(2)9(12)11-8-4-3-5-10-6-8;/h7-8,10H,3-6H2,1-2H3,(H,11,12);1H/t8-;/m0./s1. The Morgan fingerprint density at radius 1 is 1.54 bits per heavy atom. The summed E-state index contributed by atoms with van der Waals surface area (Å²) in [6.07, 6.45) is 2.29. The van der Waals surface area contributed by atoms with Gasteiger partial charge in [0.05, 0.1) is 0 Å². The zero-order valence-electron chi connectivity index (χ0n) is 8.30. The van der Waals surface area contributed by atoms with Crippen LogP contribution in [0.25, 0.3) is 0 Å². The Morgan fingerprint density at radius 2 is 2.23 bits per heavy atom. The molecule has 3 nitrogen and oxygen atoms in total. The Hall–Kier alpha value is -0.280. The van der Waals surface area contributed by atoms with Crippen molar-refractivity contribution in [2.75, 3.05) is 13.1 Å². The van der Waals surface area contributed by atoms with E-state index in [1.807, 2.05) is 13.8 Å². The van der Waals surface area contributed by atoms with Crippen LogP contribution in [0.3, 0.4) is 0 Å². The van der Waals surface area contributed by atoms with Gasteiger partial charge in [-0.15, -0.1) is 12.4 Å². The number of hydrogen-bond acceptors (Lipinski definition) is 2. The van der Waals surface area contributed by atoms with E-state index in [0.29, 0.717) is 6.04 Å². The summed E-state index contributed by atoms with van der Waals surface area (Å²) >= 11 is 0. The lowest BCUT2D eigenvalue weighted by Crippen LogP contribution is -2.46. The van der Waals surface area contributed by atoms with E-state index < -0.39 is 0 Å². The second-order valence-corrected chi connectivity index (χ2v) is 3.71. The van der Waals surface area contributed by atoms with Gasteiger partial charge in [-0.3, -0.25) is 4.79 Å². The first kappa shape index (κ1) is 12.7. The van der Waals surface area contributed by atoms with Gasteiger partial charge in [0.2, 0.25) is 5.91 Å². The van der Waals surface area contributed by atoms with Crippen molar-refractivity contribution in [2.45, 2.75) is 32.7 Å². The zero-order chi connectivity index (χ0) is 8.97. The van der Waals surface area contributed by atoms with Gasteiger partial charge in [-0.1, -0.05) is 13.8 Å². The van der Waals surface area contributed by atoms with Crippen LogP contribution in [0.2, 0.25) is 0 Å². The molecule has 1 fully saturated rings. The van der Waals surface area contributed by atoms with E-state index in [1.54, 1.807) is 0 Å². The zero-order valence-corrected chi connectivity index (χ0v) is 9.12. The molecule has 1 saturated heterocycles. The van der Waals surface area contributed by atoms with Crippen molar-refractivity contribution in [1.29, 1.82) is 0 Å². The maximum Gasteiger partial charge on any atom is 0.222 e. The third-order valence-electron chi connectivity index (χ3n) is 2.17. The molecule has 0 aromatic heterocycles. The van der Waals surface area contributed by atoms with Crippen molar-refractivity contribution >= 4 is 18.3 Å². The molecule has 1 amide bonds. The van der Waals surface area contributed by atoms with E-state index in [9.17, 15) is 4.79 Å². The van der Waals surface area contributed by atoms with Gasteiger partial charge in [-0.25, -0.2) is 0 Å². The Labute approximate surface area is 86.1 Å². The molecule has 0 bridgehead atoms. The summed E-state index contributed by atoms with van der Waals surface area (Å²) in [7, 11) is 0. The number of carbonyl (C=O) groups is 1. The summed E-state index contributed by atoms with van der Waals surface area (Å²) in [5.41, 5.74) is 0. The summed E-state index contributed by atoms with van der Waals surface area (Å²) in [5, 5.41) is 6.28. The number of rotatable bonds is 2. The van der Waals surface area contributed by atoms with Crippen molar-refractivity contribution in [3.05, 3.63) is 0 Å². The first-order valence-electron chi connectivity index (χ1n) is 4.71. The molecule has 1 heterocycles. The second kappa shape index (κ2) is 6.22. The topological polar surface area (TPSA) is 41.1 Å². The van der Waals surface area contributed by atoms with Crippen LogP contribution in [0, 0.1) is 5.92 Å². The molecule has 0 spiro atoms. The van der Waals surface area contributed by atoms with Gasteiger partial charge in [0.25, 0.3) is 0 Å². The lowest BCUT2D eigenvalue weighted by atomic mass is 10.1. The molecule has 0 aromatic carbocycles. The minimum atomic E-state index is 0. The number of nitrogens with one attached hydrogen (secondary N) is 2. The number of piperidine rings is 1. The Balaban J connectivity index is 0.00000144. The third-order valence-corrected chi connectivity index (χ3v) is 2.17. The van der Waals surface area contributed by atoms with E-state index in [1.165, 1.54) is 6.42 Å². The monoisotopic (exact) mass is 206 g/mol. The van der Waals surface area contributed by atoms with Crippen molar-refractivity contribution in [3.63, 3.8) is 0 Å². The summed E-state index contributed by atoms with van der Waals surface area (Å²) in [6, 6.07) is 0.355. The maximum absolute atomic E-state index is 11.3. The van der Waals surface area contributed by atoms with Crippen molar-refractivity contribution < 1.29 is 4.79 Å². The van der Waals surface area contributed by atoms with Gasteiger partial charge < -0.3 is 10.6 Å². The van der Waals surface area contributed by atoms with Crippen LogP contribution in [0.15, 0.2) is 0 Å². The Kier molecular flexibility index (Phi) is 6.08. The molecular weight excluding hydrogens is 188 g/mol. The van der Waals surface area contributed by atoms with Gasteiger partial charge in [-0.05, 0) is 19.4 Å². The average molecular weight is 207 g/mol. The minimum absolute atomic E-state index is 0. The molecule has 1 atom stereocenters. The first-order chi connectivity index (χ1) is 5.70. The highest BCUT2D eigenvalue weighted by molar-refractivity contribution is 5.85. The molecule has 2 N–H and O–H groups in total. The summed E-state index contributed by atoms with van der Waals surface area (Å²) in [4.78, 5) is 11.3. The van der Waals surface area contributed by atoms with E-state index in [4.69, 9.17) is 0 Å². The summed E-state index contributed by atoms with van der Waals surface area (Å²) in [5.74, 6) is 0.274. The van der Waals surface area contributed by atoms with Gasteiger partial charge in [0.15, 0.2) is 0 Å². The van der Waals surface area contributed by atoms with Crippen LogP contribution in [0.5, 0.6) is 0 Å². The smallest absolute Gasteiger partial charge is 0.222 e. The molecule has 13 heavy (non-hydrogen) atoms. The average Bonchev–Trinajstić information content (AvgIpc) is 2.06. The van der Waals surface area contributed by atoms with E-state index >= 15 is 0 Å². The number of hydrogen-bond donors (Lipinski definition) is 2. The van der Waals surface area contributed by atoms with E-state index in [-0.39, 0.29) is 24.2 Å². The van der Waals surface area contributed by atoms with Crippen molar-refractivity contribution in [3.8, 4) is 0 Å². The molecule has 0 aliphatic carbocycles. The third kappa shape index (κ3) is 4.48. The fourth-order valence-electron chi connectivity index (χ4n) is 1.34. The molecule has 1 aliphatic rings. The normalized spacial score (nSPS) is 22.2. The van der Waals surface area contributed by atoms with Crippen LogP contribution in [-0.2, 0) is 4.79 Å². The molecule has 0 unspecified atom stereocenters. The molecule has 1 rings (SSSR count). The fraction of sp³-hybridized carbons (Fsp3) is 0.889.